The molecule has 0 unspecified atom stereocenters. The van der Waals surface area contributed by atoms with Gasteiger partial charge in [0.15, 0.2) is 0 Å². The predicted octanol–water partition coefficient (Wildman–Crippen LogP) is 0.290. The minimum absolute atomic E-state index is 0.0230. The average molecular weight is 268 g/mol. The highest BCUT2D eigenvalue weighted by Crippen LogP contribution is 2.14. The van der Waals surface area contributed by atoms with E-state index in [4.69, 9.17) is 15.3 Å². The van der Waals surface area contributed by atoms with Crippen LogP contribution in [0.15, 0.2) is 16.7 Å². The largest absolute Gasteiger partial charge is 0.481 e. The molecule has 1 heterocycles. The molecule has 0 saturated heterocycles. The van der Waals surface area contributed by atoms with E-state index in [1.165, 1.54) is 12.3 Å². The van der Waals surface area contributed by atoms with E-state index in [1.54, 1.807) is 13.8 Å². The lowest BCUT2D eigenvalue weighted by molar-refractivity contribution is -0.136. The number of carboxylic acid groups (broad SMARTS) is 1. The van der Waals surface area contributed by atoms with Gasteiger partial charge in [-0.25, -0.2) is 0 Å². The molecule has 1 rings (SSSR count). The van der Waals surface area contributed by atoms with E-state index in [0.717, 1.165) is 0 Å². The molecular weight excluding hydrogens is 252 g/mol. The fourth-order valence-electron chi connectivity index (χ4n) is 1.67. The third kappa shape index (κ3) is 4.46. The Balaban J connectivity index is 2.81. The maximum atomic E-state index is 12.0. The van der Waals surface area contributed by atoms with E-state index in [-0.39, 0.29) is 24.2 Å². The summed E-state index contributed by atoms with van der Waals surface area (Å²) in [6.07, 6.45) is 0.838. The molecule has 104 valence electrons. The summed E-state index contributed by atoms with van der Waals surface area (Å²) in [6, 6.07) is 1.38. The molecule has 0 saturated carbocycles. The summed E-state index contributed by atoms with van der Waals surface area (Å²) in [5.41, 5.74) is 4.40. The van der Waals surface area contributed by atoms with Crippen molar-refractivity contribution in [3.8, 4) is 0 Å². The maximum absolute atomic E-state index is 12.0. The summed E-state index contributed by atoms with van der Waals surface area (Å²) in [7, 11) is 0. The van der Waals surface area contributed by atoms with Crippen molar-refractivity contribution in [3.63, 3.8) is 0 Å². The van der Waals surface area contributed by atoms with Crippen LogP contribution in [-0.4, -0.2) is 28.4 Å². The van der Waals surface area contributed by atoms with Crippen molar-refractivity contribution in [2.75, 3.05) is 0 Å². The Kier molecular flexibility index (Phi) is 4.31. The van der Waals surface area contributed by atoms with Crippen LogP contribution < -0.4 is 11.1 Å². The molecule has 19 heavy (non-hydrogen) atoms. The van der Waals surface area contributed by atoms with E-state index in [2.05, 4.69) is 5.32 Å². The number of carbonyl (C=O) groups excluding carboxylic acids is 2. The first kappa shape index (κ1) is 14.7. The average Bonchev–Trinajstić information content (AvgIpc) is 2.61. The van der Waals surface area contributed by atoms with Gasteiger partial charge in [0.2, 0.25) is 5.91 Å². The van der Waals surface area contributed by atoms with E-state index < -0.39 is 23.3 Å². The van der Waals surface area contributed by atoms with Crippen molar-refractivity contribution in [1.29, 1.82) is 0 Å². The molecule has 0 fully saturated rings. The third-order valence-corrected chi connectivity index (χ3v) is 2.37. The van der Waals surface area contributed by atoms with Crippen molar-refractivity contribution < 1.29 is 23.9 Å². The number of carbonyl (C=O) groups is 3. The monoisotopic (exact) mass is 268 g/mol. The quantitative estimate of drug-likeness (QED) is 0.684. The number of rotatable bonds is 6. The molecule has 2 amide bonds. The SMILES string of the molecule is CC(C)(CC(N)=O)NC(=O)c1ccoc1CC(=O)O. The van der Waals surface area contributed by atoms with Gasteiger partial charge in [0.05, 0.1) is 11.8 Å². The first-order chi connectivity index (χ1) is 8.71. The van der Waals surface area contributed by atoms with E-state index in [9.17, 15) is 14.4 Å². The molecule has 1 aromatic heterocycles. The summed E-state index contributed by atoms with van der Waals surface area (Å²) in [6.45, 7) is 3.29. The lowest BCUT2D eigenvalue weighted by atomic mass is 9.99. The van der Waals surface area contributed by atoms with Crippen LogP contribution >= 0.6 is 0 Å². The van der Waals surface area contributed by atoms with Crippen LogP contribution in [0.25, 0.3) is 0 Å². The minimum atomic E-state index is -1.10. The second-order valence-corrected chi connectivity index (χ2v) is 4.81. The number of carboxylic acids is 1. The summed E-state index contributed by atoms with van der Waals surface area (Å²) >= 11 is 0. The van der Waals surface area contributed by atoms with Gasteiger partial charge in [0.1, 0.15) is 12.2 Å². The highest BCUT2D eigenvalue weighted by molar-refractivity contribution is 5.96. The summed E-state index contributed by atoms with van der Waals surface area (Å²) < 4.78 is 4.96. The fourth-order valence-corrected chi connectivity index (χ4v) is 1.67. The summed E-state index contributed by atoms with van der Waals surface area (Å²) in [4.78, 5) is 33.5. The zero-order chi connectivity index (χ0) is 14.6. The zero-order valence-electron chi connectivity index (χ0n) is 10.7. The van der Waals surface area contributed by atoms with Gasteiger partial charge >= 0.3 is 5.97 Å². The van der Waals surface area contributed by atoms with E-state index >= 15 is 0 Å². The Bertz CT molecular complexity index is 504. The van der Waals surface area contributed by atoms with Gasteiger partial charge < -0.3 is 20.6 Å². The van der Waals surface area contributed by atoms with Gasteiger partial charge in [-0.2, -0.15) is 0 Å². The predicted molar refractivity (Wildman–Crippen MR) is 65.4 cm³/mol. The van der Waals surface area contributed by atoms with Gasteiger partial charge in [-0.3, -0.25) is 14.4 Å². The van der Waals surface area contributed by atoms with Crippen LogP contribution in [0.2, 0.25) is 0 Å². The van der Waals surface area contributed by atoms with Crippen LogP contribution in [0.1, 0.15) is 36.4 Å². The number of hydrogen-bond donors (Lipinski definition) is 3. The molecule has 0 spiro atoms. The molecule has 0 aromatic carbocycles. The number of aliphatic carboxylic acids is 1. The Labute approximate surface area is 109 Å². The van der Waals surface area contributed by atoms with Crippen LogP contribution in [0.4, 0.5) is 0 Å². The molecule has 4 N–H and O–H groups in total. The summed E-state index contributed by atoms with van der Waals surface area (Å²) in [5.74, 6) is -2.07. The van der Waals surface area contributed by atoms with Crippen molar-refractivity contribution >= 4 is 17.8 Å². The first-order valence-corrected chi connectivity index (χ1v) is 5.60. The van der Waals surface area contributed by atoms with Crippen LogP contribution in [0, 0.1) is 0 Å². The Morgan fingerprint density at radius 1 is 1.42 bits per heavy atom. The lowest BCUT2D eigenvalue weighted by Gasteiger charge is -2.24. The molecule has 0 radical (unpaired) electrons. The van der Waals surface area contributed by atoms with Crippen molar-refractivity contribution in [2.24, 2.45) is 5.73 Å². The molecule has 1 aromatic rings. The van der Waals surface area contributed by atoms with Gasteiger partial charge in [0, 0.05) is 12.0 Å². The van der Waals surface area contributed by atoms with E-state index in [0.29, 0.717) is 0 Å². The Hall–Kier alpha value is -2.31. The highest BCUT2D eigenvalue weighted by Gasteiger charge is 2.26. The van der Waals surface area contributed by atoms with Gasteiger partial charge in [-0.1, -0.05) is 0 Å². The maximum Gasteiger partial charge on any atom is 0.311 e. The Morgan fingerprint density at radius 2 is 2.05 bits per heavy atom. The van der Waals surface area contributed by atoms with Gasteiger partial charge in [0.25, 0.3) is 5.91 Å². The normalized spacial score (nSPS) is 11.1. The molecular formula is C12H16N2O5. The Morgan fingerprint density at radius 3 is 2.58 bits per heavy atom. The standard InChI is InChI=1S/C12H16N2O5/c1-12(2,6-9(13)15)14-11(18)7-3-4-19-8(7)5-10(16)17/h3-4H,5-6H2,1-2H3,(H2,13,15)(H,14,18)(H,16,17). The molecule has 0 aliphatic heterocycles. The second kappa shape index (κ2) is 5.55. The number of furan rings is 1. The highest BCUT2D eigenvalue weighted by atomic mass is 16.4. The molecule has 0 atom stereocenters. The third-order valence-electron chi connectivity index (χ3n) is 2.37. The van der Waals surface area contributed by atoms with Crippen molar-refractivity contribution in [1.82, 2.24) is 5.32 Å². The van der Waals surface area contributed by atoms with Crippen molar-refractivity contribution in [2.45, 2.75) is 32.2 Å². The molecule has 0 aliphatic carbocycles. The smallest absolute Gasteiger partial charge is 0.311 e. The molecule has 7 nitrogen and oxygen atoms in total. The van der Waals surface area contributed by atoms with Crippen molar-refractivity contribution in [3.05, 3.63) is 23.7 Å². The van der Waals surface area contributed by atoms with Gasteiger partial charge in [-0.05, 0) is 19.9 Å². The molecule has 0 aliphatic rings. The minimum Gasteiger partial charge on any atom is -0.481 e. The summed E-state index contributed by atoms with van der Waals surface area (Å²) in [5, 5.41) is 11.3. The topological polar surface area (TPSA) is 123 Å². The number of hydrogen-bond acceptors (Lipinski definition) is 4. The fraction of sp³-hybridized carbons (Fsp3) is 0.417. The molecule has 7 heteroatoms. The molecule has 0 bridgehead atoms. The lowest BCUT2D eigenvalue weighted by Crippen LogP contribution is -2.46. The van der Waals surface area contributed by atoms with Crippen LogP contribution in [-0.2, 0) is 16.0 Å². The number of nitrogens with two attached hydrogens (primary N) is 1. The number of amides is 2. The van der Waals surface area contributed by atoms with Crippen LogP contribution in [0.5, 0.6) is 0 Å². The van der Waals surface area contributed by atoms with E-state index in [1.807, 2.05) is 0 Å². The van der Waals surface area contributed by atoms with Crippen LogP contribution in [0.3, 0.4) is 0 Å². The number of primary amides is 1. The zero-order valence-corrected chi connectivity index (χ0v) is 10.7. The number of nitrogens with one attached hydrogen (secondary N) is 1. The second-order valence-electron chi connectivity index (χ2n) is 4.81. The van der Waals surface area contributed by atoms with Gasteiger partial charge in [-0.15, -0.1) is 0 Å². The first-order valence-electron chi connectivity index (χ1n) is 5.60.